The molecule has 33 heavy (non-hydrogen) atoms. The van der Waals surface area contributed by atoms with E-state index in [1.54, 1.807) is 19.2 Å². The van der Waals surface area contributed by atoms with Crippen molar-refractivity contribution >= 4 is 23.3 Å². The first-order valence-electron chi connectivity index (χ1n) is 10.4. The number of halogens is 4. The second-order valence-electron chi connectivity index (χ2n) is 8.59. The van der Waals surface area contributed by atoms with Gasteiger partial charge in [0.05, 0.1) is 11.6 Å². The first kappa shape index (κ1) is 22.9. The Kier molecular flexibility index (Phi) is 5.71. The van der Waals surface area contributed by atoms with Gasteiger partial charge in [0.15, 0.2) is 0 Å². The fraction of sp³-hybridized carbons (Fsp3) is 0.391. The van der Waals surface area contributed by atoms with Gasteiger partial charge in [0, 0.05) is 36.8 Å². The van der Waals surface area contributed by atoms with E-state index in [1.165, 1.54) is 17.9 Å². The molecule has 4 rings (SSSR count). The molecule has 0 spiro atoms. The quantitative estimate of drug-likeness (QED) is 0.628. The highest BCUT2D eigenvalue weighted by molar-refractivity contribution is 5.97. The van der Waals surface area contributed by atoms with Crippen molar-refractivity contribution in [2.45, 2.75) is 44.0 Å². The highest BCUT2D eigenvalue weighted by Crippen LogP contribution is 2.43. The average molecular weight is 465 g/mol. The van der Waals surface area contributed by atoms with Gasteiger partial charge in [-0.3, -0.25) is 4.79 Å². The van der Waals surface area contributed by atoms with Crippen LogP contribution >= 0.6 is 0 Å². The van der Waals surface area contributed by atoms with Crippen LogP contribution in [0.25, 0.3) is 0 Å². The molecule has 2 heterocycles. The number of ether oxygens (including phenoxy) is 1. The first-order valence-corrected chi connectivity index (χ1v) is 10.4. The Morgan fingerprint density at radius 1 is 1.21 bits per heavy atom. The zero-order valence-corrected chi connectivity index (χ0v) is 18.1. The van der Waals surface area contributed by atoms with E-state index >= 15 is 0 Å². The number of fused-ring (bicyclic) bond motifs is 2. The summed E-state index contributed by atoms with van der Waals surface area (Å²) in [5, 5.41) is 5.40. The van der Waals surface area contributed by atoms with Crippen LogP contribution in [0.4, 0.5) is 33.7 Å². The van der Waals surface area contributed by atoms with Gasteiger partial charge in [0.1, 0.15) is 18.0 Å². The Hall–Kier alpha value is -3.30. The zero-order valence-electron chi connectivity index (χ0n) is 18.1. The smallest absolute Gasteiger partial charge is 0.416 e. The molecular weight excluding hydrogens is 442 g/mol. The number of urea groups is 1. The van der Waals surface area contributed by atoms with E-state index in [9.17, 15) is 27.2 Å². The van der Waals surface area contributed by atoms with E-state index in [0.29, 0.717) is 29.8 Å². The first-order chi connectivity index (χ1) is 15.5. The monoisotopic (exact) mass is 465 g/mol. The van der Waals surface area contributed by atoms with Crippen LogP contribution in [0.1, 0.15) is 42.5 Å². The van der Waals surface area contributed by atoms with Crippen molar-refractivity contribution < 1.29 is 31.9 Å². The van der Waals surface area contributed by atoms with Crippen LogP contribution in [0.5, 0.6) is 5.75 Å². The summed E-state index contributed by atoms with van der Waals surface area (Å²) in [6.45, 7) is 0.507. The molecule has 0 fully saturated rings. The van der Waals surface area contributed by atoms with Crippen molar-refractivity contribution in [1.29, 1.82) is 0 Å². The van der Waals surface area contributed by atoms with Gasteiger partial charge in [0.25, 0.3) is 0 Å². The van der Waals surface area contributed by atoms with Crippen LogP contribution in [0.3, 0.4) is 0 Å². The van der Waals surface area contributed by atoms with Gasteiger partial charge >= 0.3 is 12.2 Å². The maximum Gasteiger partial charge on any atom is 0.416 e. The van der Waals surface area contributed by atoms with Gasteiger partial charge < -0.3 is 20.3 Å². The SMILES string of the molecule is CN1C(=O)CCc2ccc(NC(=O)N[C@@H]3C[C@@](C)(CF)Oc4cc(C(F)(F)F)ccc43)cc21. The molecule has 0 radical (unpaired) electrons. The van der Waals surface area contributed by atoms with Crippen LogP contribution in [-0.4, -0.2) is 31.3 Å². The lowest BCUT2D eigenvalue weighted by Gasteiger charge is -2.38. The number of carbonyl (C=O) groups is 2. The summed E-state index contributed by atoms with van der Waals surface area (Å²) in [5.41, 5.74) is 0.163. The maximum absolute atomic E-state index is 13.7. The number of hydrogen-bond donors (Lipinski definition) is 2. The third-order valence-corrected chi connectivity index (χ3v) is 5.98. The van der Waals surface area contributed by atoms with Crippen LogP contribution in [0.15, 0.2) is 36.4 Å². The molecular formula is C23H23F4N3O3. The molecule has 2 N–H and O–H groups in total. The molecule has 2 aliphatic heterocycles. The lowest BCUT2D eigenvalue weighted by atomic mass is 9.88. The Morgan fingerprint density at radius 3 is 2.67 bits per heavy atom. The van der Waals surface area contributed by atoms with Crippen molar-refractivity contribution in [3.63, 3.8) is 0 Å². The third kappa shape index (κ3) is 4.60. The molecule has 10 heteroatoms. The summed E-state index contributed by atoms with van der Waals surface area (Å²) in [5.74, 6) is -0.137. The van der Waals surface area contributed by atoms with Crippen molar-refractivity contribution in [1.82, 2.24) is 5.32 Å². The Bertz CT molecular complexity index is 1100. The number of hydrogen-bond acceptors (Lipinski definition) is 3. The lowest BCUT2D eigenvalue weighted by Crippen LogP contribution is -2.45. The van der Waals surface area contributed by atoms with E-state index in [4.69, 9.17) is 4.74 Å². The molecule has 0 aliphatic carbocycles. The van der Waals surface area contributed by atoms with E-state index in [-0.39, 0.29) is 18.1 Å². The topological polar surface area (TPSA) is 70.7 Å². The minimum atomic E-state index is -4.58. The Labute approximate surface area is 187 Å². The molecule has 0 aromatic heterocycles. The van der Waals surface area contributed by atoms with E-state index < -0.39 is 36.1 Å². The predicted octanol–water partition coefficient (Wildman–Crippen LogP) is 4.99. The molecule has 2 aromatic carbocycles. The minimum absolute atomic E-state index is 0.0216. The molecule has 0 bridgehead atoms. The molecule has 176 valence electrons. The number of amides is 3. The second kappa shape index (κ2) is 8.24. The largest absolute Gasteiger partial charge is 0.484 e. The Morgan fingerprint density at radius 2 is 1.97 bits per heavy atom. The highest BCUT2D eigenvalue weighted by atomic mass is 19.4. The normalized spacial score (nSPS) is 22.2. The molecule has 0 saturated carbocycles. The van der Waals surface area contributed by atoms with Crippen molar-refractivity contribution in [2.24, 2.45) is 0 Å². The van der Waals surface area contributed by atoms with E-state index in [1.807, 2.05) is 6.07 Å². The summed E-state index contributed by atoms with van der Waals surface area (Å²) < 4.78 is 58.6. The number of rotatable bonds is 3. The van der Waals surface area contributed by atoms with Gasteiger partial charge in [-0.05, 0) is 43.2 Å². The summed E-state index contributed by atoms with van der Waals surface area (Å²) in [6, 6.07) is 6.81. The lowest BCUT2D eigenvalue weighted by molar-refractivity contribution is -0.137. The molecule has 0 saturated heterocycles. The summed E-state index contributed by atoms with van der Waals surface area (Å²) in [7, 11) is 1.66. The summed E-state index contributed by atoms with van der Waals surface area (Å²) in [4.78, 5) is 26.2. The fourth-order valence-corrected chi connectivity index (χ4v) is 4.18. The number of alkyl halides is 4. The highest BCUT2D eigenvalue weighted by Gasteiger charge is 2.40. The molecule has 2 atom stereocenters. The molecule has 2 aliphatic rings. The van der Waals surface area contributed by atoms with Crippen molar-refractivity contribution in [2.75, 3.05) is 23.9 Å². The summed E-state index contributed by atoms with van der Waals surface area (Å²) >= 11 is 0. The molecule has 2 aromatic rings. The van der Waals surface area contributed by atoms with Crippen molar-refractivity contribution in [3.05, 3.63) is 53.1 Å². The zero-order chi connectivity index (χ0) is 24.0. The van der Waals surface area contributed by atoms with Crippen LogP contribution < -0.4 is 20.3 Å². The fourth-order valence-electron chi connectivity index (χ4n) is 4.18. The minimum Gasteiger partial charge on any atom is -0.484 e. The van der Waals surface area contributed by atoms with Crippen molar-refractivity contribution in [3.8, 4) is 5.75 Å². The number of carbonyl (C=O) groups excluding carboxylic acids is 2. The van der Waals surface area contributed by atoms with Crippen LogP contribution in [0, 0.1) is 0 Å². The third-order valence-electron chi connectivity index (χ3n) is 5.98. The number of nitrogens with one attached hydrogen (secondary N) is 2. The van der Waals surface area contributed by atoms with Gasteiger partial charge in [0.2, 0.25) is 5.91 Å². The predicted molar refractivity (Wildman–Crippen MR) is 114 cm³/mol. The number of nitrogens with zero attached hydrogens (tertiary/aromatic N) is 1. The van der Waals surface area contributed by atoms with Gasteiger partial charge in [-0.2, -0.15) is 13.2 Å². The second-order valence-corrected chi connectivity index (χ2v) is 8.59. The summed E-state index contributed by atoms with van der Waals surface area (Å²) in [6.07, 6.45) is -3.51. The van der Waals surface area contributed by atoms with E-state index in [0.717, 1.165) is 17.7 Å². The van der Waals surface area contributed by atoms with Gasteiger partial charge in [-0.25, -0.2) is 9.18 Å². The van der Waals surface area contributed by atoms with Gasteiger partial charge in [-0.15, -0.1) is 0 Å². The standard InChI is InChI=1S/C23H23F4N3O3/c1-22(12-24)11-17(16-7-5-14(23(25,26)27)9-19(16)33-22)29-21(32)28-15-6-3-13-4-8-20(31)30(2)18(13)10-15/h3,5-7,9-10,17H,4,8,11-12H2,1-2H3,(H2,28,29,32)/t17-,22+/m1/s1. The van der Waals surface area contributed by atoms with Gasteiger partial charge in [-0.1, -0.05) is 12.1 Å². The molecule has 3 amide bonds. The maximum atomic E-state index is 13.7. The number of benzene rings is 2. The van der Waals surface area contributed by atoms with E-state index in [2.05, 4.69) is 10.6 Å². The Balaban J connectivity index is 1.55. The molecule has 0 unspecified atom stereocenters. The molecule has 6 nitrogen and oxygen atoms in total. The van der Waals surface area contributed by atoms with Crippen LogP contribution in [-0.2, 0) is 17.4 Å². The number of anilines is 2. The number of aryl methyl sites for hydroxylation is 1. The van der Waals surface area contributed by atoms with Crippen LogP contribution in [0.2, 0.25) is 0 Å². The average Bonchev–Trinajstić information content (AvgIpc) is 2.75.